The summed E-state index contributed by atoms with van der Waals surface area (Å²) in [6.45, 7) is 8.57. The number of methoxy groups -OCH3 is 1. The van der Waals surface area contributed by atoms with Crippen molar-refractivity contribution in [1.29, 1.82) is 0 Å². The van der Waals surface area contributed by atoms with E-state index >= 15 is 0 Å². The molecule has 2 rings (SSSR count). The van der Waals surface area contributed by atoms with Crippen LogP contribution in [0.15, 0.2) is 29.3 Å². The minimum absolute atomic E-state index is 0. The fraction of sp³-hybridized carbons (Fsp3) is 0.524. The molecule has 2 aromatic rings. The number of ether oxygens (including phenoxy) is 1. The Morgan fingerprint density at radius 3 is 2.50 bits per heavy atom. The highest BCUT2D eigenvalue weighted by molar-refractivity contribution is 14.0. The van der Waals surface area contributed by atoms with Gasteiger partial charge in [-0.2, -0.15) is 5.10 Å². The summed E-state index contributed by atoms with van der Waals surface area (Å²) < 4.78 is 7.33. The Morgan fingerprint density at radius 2 is 1.89 bits per heavy atom. The molecule has 0 aliphatic heterocycles. The molecule has 1 aromatic heterocycles. The minimum atomic E-state index is 0. The van der Waals surface area contributed by atoms with E-state index < -0.39 is 0 Å². The highest BCUT2D eigenvalue weighted by Gasteiger charge is 2.15. The largest absolute Gasteiger partial charge is 0.481 e. The van der Waals surface area contributed by atoms with Gasteiger partial charge in [0.25, 0.3) is 0 Å². The second kappa shape index (κ2) is 12.6. The van der Waals surface area contributed by atoms with Gasteiger partial charge < -0.3 is 15.4 Å². The fourth-order valence-corrected chi connectivity index (χ4v) is 2.92. The lowest BCUT2D eigenvalue weighted by molar-refractivity contribution is 0.369. The number of aliphatic imine (C=N–C) groups is 1. The molecule has 0 fully saturated rings. The van der Waals surface area contributed by atoms with Gasteiger partial charge in [0, 0.05) is 13.6 Å². The van der Waals surface area contributed by atoms with Crippen LogP contribution in [0.3, 0.4) is 0 Å². The molecule has 156 valence electrons. The summed E-state index contributed by atoms with van der Waals surface area (Å²) in [5.74, 6) is 1.61. The quantitative estimate of drug-likeness (QED) is 0.237. The Labute approximate surface area is 186 Å². The number of rotatable bonds is 9. The van der Waals surface area contributed by atoms with E-state index in [-0.39, 0.29) is 24.0 Å². The number of aromatic nitrogens is 2. The summed E-state index contributed by atoms with van der Waals surface area (Å²) in [6, 6.07) is 8.50. The predicted octanol–water partition coefficient (Wildman–Crippen LogP) is 3.95. The van der Waals surface area contributed by atoms with E-state index in [1.807, 2.05) is 7.05 Å². The first-order valence-electron chi connectivity index (χ1n) is 9.75. The van der Waals surface area contributed by atoms with Crippen LogP contribution >= 0.6 is 24.0 Å². The van der Waals surface area contributed by atoms with Gasteiger partial charge in [-0.05, 0) is 25.3 Å². The van der Waals surface area contributed by atoms with E-state index in [4.69, 9.17) is 9.73 Å². The Hall–Kier alpha value is -1.77. The van der Waals surface area contributed by atoms with Crippen LogP contribution in [0, 0.1) is 6.92 Å². The van der Waals surface area contributed by atoms with Crippen molar-refractivity contribution in [3.05, 3.63) is 46.6 Å². The van der Waals surface area contributed by atoms with Gasteiger partial charge in [-0.3, -0.25) is 0 Å². The third-order valence-corrected chi connectivity index (χ3v) is 4.50. The third kappa shape index (κ3) is 7.00. The first kappa shape index (κ1) is 24.3. The molecule has 0 spiro atoms. The number of halogens is 1. The number of nitrogens with zero attached hydrogens (tertiary/aromatic N) is 3. The Balaban J connectivity index is 0.00000392. The zero-order valence-corrected chi connectivity index (χ0v) is 20.0. The van der Waals surface area contributed by atoms with E-state index in [0.717, 1.165) is 48.9 Å². The highest BCUT2D eigenvalue weighted by Crippen LogP contribution is 2.21. The monoisotopic (exact) mass is 499 g/mol. The summed E-state index contributed by atoms with van der Waals surface area (Å²) in [6.07, 6.45) is 3.13. The van der Waals surface area contributed by atoms with Gasteiger partial charge in [0.2, 0.25) is 5.88 Å². The van der Waals surface area contributed by atoms with Crippen molar-refractivity contribution >= 4 is 29.9 Å². The zero-order chi connectivity index (χ0) is 19.6. The van der Waals surface area contributed by atoms with Crippen LogP contribution in [0.5, 0.6) is 5.88 Å². The van der Waals surface area contributed by atoms with Crippen LogP contribution in [0.25, 0.3) is 0 Å². The van der Waals surface area contributed by atoms with Crippen LogP contribution in [-0.2, 0) is 26.6 Å². The van der Waals surface area contributed by atoms with E-state index in [9.17, 15) is 0 Å². The number of aryl methyl sites for hydroxylation is 3. The molecule has 0 aliphatic rings. The van der Waals surface area contributed by atoms with Crippen LogP contribution in [0.4, 0.5) is 0 Å². The molecular weight excluding hydrogens is 465 g/mol. The molecule has 2 N–H and O–H groups in total. The molecule has 7 heteroatoms. The van der Waals surface area contributed by atoms with Crippen LogP contribution in [0.2, 0.25) is 0 Å². The summed E-state index contributed by atoms with van der Waals surface area (Å²) in [7, 11) is 3.60. The number of hydrogen-bond acceptors (Lipinski definition) is 3. The third-order valence-electron chi connectivity index (χ3n) is 4.50. The average molecular weight is 499 g/mol. The SMILES string of the molecule is CCCCNC(=NCc1ccc(C)cc1)NCc1c(CC)nn(C)c1OC.I. The Bertz CT molecular complexity index is 740. The summed E-state index contributed by atoms with van der Waals surface area (Å²) in [4.78, 5) is 4.75. The molecule has 0 atom stereocenters. The van der Waals surface area contributed by atoms with Gasteiger partial charge in [0.1, 0.15) is 0 Å². The van der Waals surface area contributed by atoms with E-state index in [1.165, 1.54) is 11.1 Å². The van der Waals surface area contributed by atoms with Crippen molar-refractivity contribution in [2.75, 3.05) is 13.7 Å². The molecule has 1 heterocycles. The van der Waals surface area contributed by atoms with E-state index in [1.54, 1.807) is 11.8 Å². The Morgan fingerprint density at radius 1 is 1.18 bits per heavy atom. The normalized spacial score (nSPS) is 11.1. The van der Waals surface area contributed by atoms with Gasteiger partial charge in [0.05, 0.1) is 31.5 Å². The number of benzene rings is 1. The molecule has 0 radical (unpaired) electrons. The van der Waals surface area contributed by atoms with E-state index in [2.05, 4.69) is 60.8 Å². The second-order valence-electron chi connectivity index (χ2n) is 6.70. The summed E-state index contributed by atoms with van der Waals surface area (Å²) in [5, 5.41) is 11.4. The first-order valence-corrected chi connectivity index (χ1v) is 9.75. The Kier molecular flexibility index (Phi) is 11.0. The molecule has 0 bridgehead atoms. The smallest absolute Gasteiger partial charge is 0.216 e. The lowest BCUT2D eigenvalue weighted by Gasteiger charge is -2.13. The summed E-state index contributed by atoms with van der Waals surface area (Å²) >= 11 is 0. The molecule has 0 saturated carbocycles. The molecular formula is C21H34IN5O. The number of nitrogens with one attached hydrogen (secondary N) is 2. The van der Waals surface area contributed by atoms with Gasteiger partial charge >= 0.3 is 0 Å². The zero-order valence-electron chi connectivity index (χ0n) is 17.7. The van der Waals surface area contributed by atoms with Crippen molar-refractivity contribution in [2.45, 2.75) is 53.1 Å². The van der Waals surface area contributed by atoms with Crippen molar-refractivity contribution in [3.8, 4) is 5.88 Å². The van der Waals surface area contributed by atoms with E-state index in [0.29, 0.717) is 13.1 Å². The summed E-state index contributed by atoms with van der Waals surface area (Å²) in [5.41, 5.74) is 4.60. The number of hydrogen-bond donors (Lipinski definition) is 2. The molecule has 6 nitrogen and oxygen atoms in total. The minimum Gasteiger partial charge on any atom is -0.481 e. The number of guanidine groups is 1. The van der Waals surface area contributed by atoms with Crippen LogP contribution in [0.1, 0.15) is 49.1 Å². The average Bonchev–Trinajstić information content (AvgIpc) is 2.99. The maximum atomic E-state index is 5.53. The molecule has 0 aliphatic carbocycles. The lowest BCUT2D eigenvalue weighted by atomic mass is 10.1. The first-order chi connectivity index (χ1) is 13.1. The second-order valence-corrected chi connectivity index (χ2v) is 6.70. The number of unbranched alkanes of at least 4 members (excludes halogenated alkanes) is 1. The van der Waals surface area contributed by atoms with Crippen LogP contribution in [-0.4, -0.2) is 29.4 Å². The maximum Gasteiger partial charge on any atom is 0.216 e. The van der Waals surface area contributed by atoms with Crippen molar-refractivity contribution in [1.82, 2.24) is 20.4 Å². The predicted molar refractivity (Wildman–Crippen MR) is 127 cm³/mol. The fourth-order valence-electron chi connectivity index (χ4n) is 2.92. The lowest BCUT2D eigenvalue weighted by Crippen LogP contribution is -2.37. The molecule has 1 aromatic carbocycles. The standard InChI is InChI=1S/C21H33N5O.HI/c1-6-8-13-22-21(23-14-17-11-9-16(3)10-12-17)24-15-18-19(7-2)25-26(4)20(18)27-5;/h9-12H,6-8,13-15H2,1-5H3,(H2,22,23,24);1H. The van der Waals surface area contributed by atoms with Crippen molar-refractivity contribution < 1.29 is 4.74 Å². The highest BCUT2D eigenvalue weighted by atomic mass is 127. The van der Waals surface area contributed by atoms with Gasteiger partial charge in [-0.1, -0.05) is 50.1 Å². The van der Waals surface area contributed by atoms with Gasteiger partial charge in [-0.15, -0.1) is 24.0 Å². The molecule has 0 unspecified atom stereocenters. The molecule has 28 heavy (non-hydrogen) atoms. The van der Waals surface area contributed by atoms with Crippen molar-refractivity contribution in [3.63, 3.8) is 0 Å². The van der Waals surface area contributed by atoms with Gasteiger partial charge in [0.15, 0.2) is 5.96 Å². The topological polar surface area (TPSA) is 63.5 Å². The molecule has 0 amide bonds. The van der Waals surface area contributed by atoms with Crippen molar-refractivity contribution in [2.24, 2.45) is 12.0 Å². The van der Waals surface area contributed by atoms with Gasteiger partial charge in [-0.25, -0.2) is 9.67 Å². The molecule has 0 saturated heterocycles. The maximum absolute atomic E-state index is 5.53. The van der Waals surface area contributed by atoms with Crippen LogP contribution < -0.4 is 15.4 Å².